The van der Waals surface area contributed by atoms with Crippen LogP contribution < -0.4 is 10.6 Å². The molecule has 1 aromatic carbocycles. The minimum absolute atomic E-state index is 0.139. The summed E-state index contributed by atoms with van der Waals surface area (Å²) in [4.78, 5) is 10.7. The summed E-state index contributed by atoms with van der Waals surface area (Å²) in [6.07, 6.45) is 7.82. The predicted molar refractivity (Wildman–Crippen MR) is 96.9 cm³/mol. The molecule has 130 valence electrons. The van der Waals surface area contributed by atoms with Gasteiger partial charge in [-0.25, -0.2) is 4.79 Å². The summed E-state index contributed by atoms with van der Waals surface area (Å²) >= 11 is 0. The number of hydrogen-bond acceptors (Lipinski definition) is 2. The molecule has 0 spiro atoms. The Balaban J connectivity index is 1.47. The van der Waals surface area contributed by atoms with E-state index in [2.05, 4.69) is 54.0 Å². The minimum atomic E-state index is -0.896. The zero-order chi connectivity index (χ0) is 16.9. The molecule has 0 aromatic heterocycles. The first-order chi connectivity index (χ1) is 11.7. The molecule has 0 saturated heterocycles. The fourth-order valence-electron chi connectivity index (χ4n) is 3.91. The molecule has 4 heteroatoms. The van der Waals surface area contributed by atoms with E-state index in [1.54, 1.807) is 5.57 Å². The molecule has 1 aromatic rings. The van der Waals surface area contributed by atoms with Crippen molar-refractivity contribution in [2.45, 2.75) is 63.6 Å². The molecule has 0 radical (unpaired) electrons. The summed E-state index contributed by atoms with van der Waals surface area (Å²) in [6, 6.07) is 11.8. The maximum Gasteiger partial charge on any atom is 0.404 e. The second-order valence-electron chi connectivity index (χ2n) is 7.10. The van der Waals surface area contributed by atoms with Crippen LogP contribution in [-0.2, 0) is 0 Å². The third-order valence-corrected chi connectivity index (χ3v) is 5.33. The van der Waals surface area contributed by atoms with Crippen LogP contribution >= 0.6 is 0 Å². The molecule has 24 heavy (non-hydrogen) atoms. The summed E-state index contributed by atoms with van der Waals surface area (Å²) in [5.41, 5.74) is 2.83. The number of carboxylic acid groups (broad SMARTS) is 1. The molecule has 1 amide bonds. The monoisotopic (exact) mass is 328 g/mol. The van der Waals surface area contributed by atoms with Crippen molar-refractivity contribution in [2.24, 2.45) is 5.92 Å². The lowest BCUT2D eigenvalue weighted by atomic mass is 9.91. The Kier molecular flexibility index (Phi) is 5.56. The number of amides is 1. The van der Waals surface area contributed by atoms with Crippen LogP contribution in [0.5, 0.6) is 0 Å². The number of rotatable bonds is 6. The minimum Gasteiger partial charge on any atom is -0.465 e. The summed E-state index contributed by atoms with van der Waals surface area (Å²) in [5, 5.41) is 15.2. The second-order valence-corrected chi connectivity index (χ2v) is 7.10. The van der Waals surface area contributed by atoms with Gasteiger partial charge in [-0.1, -0.05) is 48.9 Å². The Bertz CT molecular complexity index is 577. The maximum atomic E-state index is 10.7. The summed E-state index contributed by atoms with van der Waals surface area (Å²) in [5.74, 6) is 0.671. The second kappa shape index (κ2) is 7.84. The van der Waals surface area contributed by atoms with Gasteiger partial charge in [0.1, 0.15) is 0 Å². The van der Waals surface area contributed by atoms with Crippen LogP contribution in [0.15, 0.2) is 35.9 Å². The van der Waals surface area contributed by atoms with Crippen molar-refractivity contribution in [3.05, 3.63) is 41.5 Å². The molecule has 4 nitrogen and oxygen atoms in total. The van der Waals surface area contributed by atoms with Crippen molar-refractivity contribution in [1.29, 1.82) is 0 Å². The zero-order valence-corrected chi connectivity index (χ0v) is 14.4. The van der Waals surface area contributed by atoms with Gasteiger partial charge in [0.2, 0.25) is 0 Å². The van der Waals surface area contributed by atoms with E-state index in [0.29, 0.717) is 18.0 Å². The van der Waals surface area contributed by atoms with Crippen LogP contribution in [-0.4, -0.2) is 29.3 Å². The highest BCUT2D eigenvalue weighted by Crippen LogP contribution is 2.40. The lowest BCUT2D eigenvalue weighted by Gasteiger charge is -2.29. The first kappa shape index (κ1) is 17.0. The molecule has 3 rings (SSSR count). The maximum absolute atomic E-state index is 10.7. The van der Waals surface area contributed by atoms with Crippen molar-refractivity contribution in [3.63, 3.8) is 0 Å². The van der Waals surface area contributed by atoms with Gasteiger partial charge in [0, 0.05) is 18.1 Å². The molecule has 2 saturated carbocycles. The lowest BCUT2D eigenvalue weighted by molar-refractivity contribution is 0.183. The Morgan fingerprint density at radius 1 is 1.17 bits per heavy atom. The van der Waals surface area contributed by atoms with Crippen molar-refractivity contribution in [1.82, 2.24) is 10.6 Å². The van der Waals surface area contributed by atoms with Gasteiger partial charge in [0.15, 0.2) is 0 Å². The molecule has 3 N–H and O–H groups in total. The van der Waals surface area contributed by atoms with Crippen LogP contribution in [0, 0.1) is 5.92 Å². The topological polar surface area (TPSA) is 61.4 Å². The molecule has 2 unspecified atom stereocenters. The van der Waals surface area contributed by atoms with E-state index in [1.165, 1.54) is 12.0 Å². The lowest BCUT2D eigenvalue weighted by Crippen LogP contribution is -2.42. The van der Waals surface area contributed by atoms with Gasteiger partial charge in [0.25, 0.3) is 0 Å². The molecular formula is C20H28N2O2. The summed E-state index contributed by atoms with van der Waals surface area (Å²) in [7, 11) is 0. The van der Waals surface area contributed by atoms with Gasteiger partial charge >= 0.3 is 6.09 Å². The number of hydrogen-bond donors (Lipinski definition) is 3. The van der Waals surface area contributed by atoms with E-state index in [1.807, 2.05) is 0 Å². The van der Waals surface area contributed by atoms with Crippen LogP contribution in [0.25, 0.3) is 6.08 Å². The first-order valence-electron chi connectivity index (χ1n) is 9.16. The highest BCUT2D eigenvalue weighted by Gasteiger charge is 2.40. The smallest absolute Gasteiger partial charge is 0.404 e. The fraction of sp³-hybridized carbons (Fsp3) is 0.550. The molecule has 2 atom stereocenters. The van der Waals surface area contributed by atoms with Crippen molar-refractivity contribution in [3.8, 4) is 0 Å². The standard InChI is InChI=1S/C20H28N2O2/c1-2-15(12-14-6-4-3-5-7-14)18-13-19(18)21-16-8-10-17(11-9-16)22-20(23)24/h3-7,12,16-19,21-22H,2,8-11,13H2,1H3,(H,23,24)/b15-12+/t16-,17+,18?,19?. The van der Waals surface area contributed by atoms with Gasteiger partial charge in [-0.05, 0) is 50.0 Å². The first-order valence-corrected chi connectivity index (χ1v) is 9.16. The number of carbonyl (C=O) groups is 1. The number of benzene rings is 1. The Morgan fingerprint density at radius 2 is 1.83 bits per heavy atom. The van der Waals surface area contributed by atoms with E-state index in [0.717, 1.165) is 32.1 Å². The van der Waals surface area contributed by atoms with Gasteiger partial charge in [0.05, 0.1) is 0 Å². The molecular weight excluding hydrogens is 300 g/mol. The largest absolute Gasteiger partial charge is 0.465 e. The predicted octanol–water partition coefficient (Wildman–Crippen LogP) is 4.04. The molecule has 2 aliphatic rings. The molecule has 2 aliphatic carbocycles. The highest BCUT2D eigenvalue weighted by molar-refractivity contribution is 5.64. The van der Waals surface area contributed by atoms with Crippen molar-refractivity contribution in [2.75, 3.05) is 0 Å². The van der Waals surface area contributed by atoms with Crippen molar-refractivity contribution >= 4 is 12.2 Å². The van der Waals surface area contributed by atoms with Gasteiger partial charge in [-0.2, -0.15) is 0 Å². The van der Waals surface area contributed by atoms with Gasteiger partial charge in [-0.3, -0.25) is 0 Å². The molecule has 0 bridgehead atoms. The van der Waals surface area contributed by atoms with Gasteiger partial charge < -0.3 is 15.7 Å². The van der Waals surface area contributed by atoms with E-state index < -0.39 is 6.09 Å². The SMILES string of the molecule is CC/C(=C\c1ccccc1)C1CC1N[C@H]1CC[C@@H](NC(=O)O)CC1. The average molecular weight is 328 g/mol. The quantitative estimate of drug-likeness (QED) is 0.738. The van der Waals surface area contributed by atoms with Crippen LogP contribution in [0.2, 0.25) is 0 Å². The normalized spacial score (nSPS) is 30.0. The third kappa shape index (κ3) is 4.60. The van der Waals surface area contributed by atoms with E-state index >= 15 is 0 Å². The fourth-order valence-corrected chi connectivity index (χ4v) is 3.91. The highest BCUT2D eigenvalue weighted by atomic mass is 16.4. The Morgan fingerprint density at radius 3 is 2.46 bits per heavy atom. The van der Waals surface area contributed by atoms with Crippen LogP contribution in [0.1, 0.15) is 51.0 Å². The van der Waals surface area contributed by atoms with E-state index in [9.17, 15) is 4.79 Å². The summed E-state index contributed by atoms with van der Waals surface area (Å²) in [6.45, 7) is 2.24. The Hall–Kier alpha value is -1.81. The zero-order valence-electron chi connectivity index (χ0n) is 14.4. The van der Waals surface area contributed by atoms with E-state index in [4.69, 9.17) is 5.11 Å². The third-order valence-electron chi connectivity index (χ3n) is 5.33. The van der Waals surface area contributed by atoms with Crippen LogP contribution in [0.4, 0.5) is 4.79 Å². The molecule has 0 heterocycles. The molecule has 2 fully saturated rings. The van der Waals surface area contributed by atoms with E-state index in [-0.39, 0.29) is 6.04 Å². The van der Waals surface area contributed by atoms with Crippen LogP contribution in [0.3, 0.4) is 0 Å². The molecule has 0 aliphatic heterocycles. The van der Waals surface area contributed by atoms with Crippen molar-refractivity contribution < 1.29 is 9.90 Å². The average Bonchev–Trinajstić information content (AvgIpc) is 3.34. The van der Waals surface area contributed by atoms with Gasteiger partial charge in [-0.15, -0.1) is 0 Å². The Labute approximate surface area is 144 Å². The number of nitrogens with one attached hydrogen (secondary N) is 2. The summed E-state index contributed by atoms with van der Waals surface area (Å²) < 4.78 is 0.